The molecule has 5 nitrogen and oxygen atoms in total. The van der Waals surface area contributed by atoms with E-state index in [0.29, 0.717) is 13.0 Å². The molecule has 0 bridgehead atoms. The Hall–Kier alpha value is -1.75. The first-order chi connectivity index (χ1) is 10.1. The van der Waals surface area contributed by atoms with Gasteiger partial charge in [0.1, 0.15) is 5.75 Å². The summed E-state index contributed by atoms with van der Waals surface area (Å²) in [6.07, 6.45) is 2.23. The van der Waals surface area contributed by atoms with Crippen LogP contribution in [-0.2, 0) is 6.42 Å². The van der Waals surface area contributed by atoms with Gasteiger partial charge in [0.15, 0.2) is 0 Å². The number of ether oxygens (including phenoxy) is 1. The van der Waals surface area contributed by atoms with Crippen LogP contribution in [0.1, 0.15) is 30.9 Å². The number of amides is 2. The normalized spacial score (nSPS) is 11.8. The van der Waals surface area contributed by atoms with Crippen molar-refractivity contribution in [3.05, 3.63) is 29.3 Å². The van der Waals surface area contributed by atoms with Crippen molar-refractivity contribution in [2.45, 2.75) is 39.2 Å². The van der Waals surface area contributed by atoms with E-state index in [9.17, 15) is 4.79 Å². The number of aliphatic hydroxyl groups excluding tert-OH is 1. The maximum Gasteiger partial charge on any atom is 0.315 e. The van der Waals surface area contributed by atoms with Gasteiger partial charge in [-0.25, -0.2) is 4.79 Å². The number of carbonyl (C=O) groups excluding carboxylic acids is 1. The van der Waals surface area contributed by atoms with Crippen LogP contribution >= 0.6 is 0 Å². The molecule has 0 radical (unpaired) electrons. The lowest BCUT2D eigenvalue weighted by molar-refractivity contribution is 0.234. The molecule has 0 heterocycles. The molecular formula is C16H26N2O3. The minimum atomic E-state index is -0.167. The molecule has 0 aliphatic heterocycles. The van der Waals surface area contributed by atoms with E-state index < -0.39 is 0 Å². The van der Waals surface area contributed by atoms with Crippen molar-refractivity contribution in [1.82, 2.24) is 10.6 Å². The molecule has 0 saturated carbocycles. The largest absolute Gasteiger partial charge is 0.496 e. The summed E-state index contributed by atoms with van der Waals surface area (Å²) in [5.41, 5.74) is 2.23. The Labute approximate surface area is 126 Å². The predicted octanol–water partition coefficient (Wildman–Crippen LogP) is 2.01. The van der Waals surface area contributed by atoms with E-state index in [1.165, 1.54) is 0 Å². The number of carbonyl (C=O) groups is 1. The van der Waals surface area contributed by atoms with Crippen molar-refractivity contribution in [2.24, 2.45) is 0 Å². The fraction of sp³-hybridized carbons (Fsp3) is 0.562. The van der Waals surface area contributed by atoms with Crippen LogP contribution < -0.4 is 15.4 Å². The molecule has 0 saturated heterocycles. The zero-order chi connectivity index (χ0) is 15.7. The van der Waals surface area contributed by atoms with Gasteiger partial charge in [-0.05, 0) is 50.3 Å². The average Bonchev–Trinajstić information content (AvgIpc) is 2.46. The minimum absolute atomic E-state index is 0.0663. The number of hydrogen-bond acceptors (Lipinski definition) is 3. The highest BCUT2D eigenvalue weighted by molar-refractivity contribution is 5.74. The molecule has 1 atom stereocenters. The predicted molar refractivity (Wildman–Crippen MR) is 83.8 cm³/mol. The smallest absolute Gasteiger partial charge is 0.315 e. The van der Waals surface area contributed by atoms with Gasteiger partial charge in [-0.1, -0.05) is 12.1 Å². The molecule has 5 heteroatoms. The Balaban J connectivity index is 2.31. The van der Waals surface area contributed by atoms with Crippen molar-refractivity contribution in [1.29, 1.82) is 0 Å². The van der Waals surface area contributed by atoms with Gasteiger partial charge in [-0.15, -0.1) is 0 Å². The Kier molecular flexibility index (Phi) is 7.61. The highest BCUT2D eigenvalue weighted by Gasteiger charge is 2.06. The molecule has 1 rings (SSSR count). The van der Waals surface area contributed by atoms with Gasteiger partial charge < -0.3 is 20.5 Å². The molecule has 21 heavy (non-hydrogen) atoms. The van der Waals surface area contributed by atoms with E-state index in [2.05, 4.69) is 10.6 Å². The molecule has 0 fully saturated rings. The number of methoxy groups -OCH3 is 1. The van der Waals surface area contributed by atoms with Crippen LogP contribution in [-0.4, -0.2) is 37.4 Å². The molecule has 2 amide bonds. The van der Waals surface area contributed by atoms with Crippen LogP contribution in [0.3, 0.4) is 0 Å². The molecule has 1 unspecified atom stereocenters. The van der Waals surface area contributed by atoms with Crippen LogP contribution in [0.5, 0.6) is 5.75 Å². The van der Waals surface area contributed by atoms with Gasteiger partial charge >= 0.3 is 6.03 Å². The Bertz CT molecular complexity index is 449. The van der Waals surface area contributed by atoms with Gasteiger partial charge in [0.2, 0.25) is 0 Å². The molecule has 0 spiro atoms. The van der Waals surface area contributed by atoms with Crippen molar-refractivity contribution in [3.8, 4) is 5.75 Å². The number of urea groups is 1. The topological polar surface area (TPSA) is 70.6 Å². The monoisotopic (exact) mass is 294 g/mol. The summed E-state index contributed by atoms with van der Waals surface area (Å²) in [5.74, 6) is 0.870. The third-order valence-electron chi connectivity index (χ3n) is 3.34. The van der Waals surface area contributed by atoms with Crippen molar-refractivity contribution < 1.29 is 14.6 Å². The van der Waals surface area contributed by atoms with E-state index in [1.54, 1.807) is 7.11 Å². The molecular weight excluding hydrogens is 268 g/mol. The van der Waals surface area contributed by atoms with Gasteiger partial charge in [0, 0.05) is 19.2 Å². The first-order valence-electron chi connectivity index (χ1n) is 7.35. The maximum absolute atomic E-state index is 11.7. The molecule has 118 valence electrons. The highest BCUT2D eigenvalue weighted by Crippen LogP contribution is 2.18. The van der Waals surface area contributed by atoms with Crippen LogP contribution in [0.15, 0.2) is 18.2 Å². The van der Waals surface area contributed by atoms with E-state index in [4.69, 9.17) is 9.84 Å². The summed E-state index contributed by atoms with van der Waals surface area (Å²) in [7, 11) is 1.66. The van der Waals surface area contributed by atoms with E-state index >= 15 is 0 Å². The molecule has 1 aromatic carbocycles. The summed E-state index contributed by atoms with van der Waals surface area (Å²) < 4.78 is 5.28. The second kappa shape index (κ2) is 9.23. The summed E-state index contributed by atoms with van der Waals surface area (Å²) in [5, 5.41) is 14.4. The minimum Gasteiger partial charge on any atom is -0.496 e. The van der Waals surface area contributed by atoms with Crippen molar-refractivity contribution in [2.75, 3.05) is 20.3 Å². The standard InChI is InChI=1S/C16H26N2O3/c1-12-6-7-14(11-15(12)21-3)8-9-17-16(20)18-13(2)5-4-10-19/h6-7,11,13,19H,4-5,8-10H2,1-3H3,(H2,17,18,20). The SMILES string of the molecule is COc1cc(CCNC(=O)NC(C)CCCO)ccc1C. The zero-order valence-corrected chi connectivity index (χ0v) is 13.1. The molecule has 0 aliphatic carbocycles. The second-order valence-corrected chi connectivity index (χ2v) is 5.22. The third kappa shape index (κ3) is 6.49. The van der Waals surface area contributed by atoms with Gasteiger partial charge in [0.25, 0.3) is 0 Å². The molecule has 1 aromatic rings. The number of aliphatic hydroxyl groups is 1. The number of aryl methyl sites for hydroxylation is 1. The van der Waals surface area contributed by atoms with Crippen molar-refractivity contribution >= 4 is 6.03 Å². The quantitative estimate of drug-likeness (QED) is 0.687. The summed E-state index contributed by atoms with van der Waals surface area (Å²) in [4.78, 5) is 11.7. The Morgan fingerprint density at radius 3 is 2.86 bits per heavy atom. The van der Waals surface area contributed by atoms with Crippen LogP contribution in [0.4, 0.5) is 4.79 Å². The van der Waals surface area contributed by atoms with Gasteiger partial charge in [-0.3, -0.25) is 0 Å². The number of hydrogen-bond donors (Lipinski definition) is 3. The Morgan fingerprint density at radius 1 is 1.43 bits per heavy atom. The van der Waals surface area contributed by atoms with E-state index in [1.807, 2.05) is 32.0 Å². The molecule has 3 N–H and O–H groups in total. The maximum atomic E-state index is 11.7. The lowest BCUT2D eigenvalue weighted by Crippen LogP contribution is -2.41. The zero-order valence-electron chi connectivity index (χ0n) is 13.1. The molecule has 0 aromatic heterocycles. The highest BCUT2D eigenvalue weighted by atomic mass is 16.5. The first kappa shape index (κ1) is 17.3. The third-order valence-corrected chi connectivity index (χ3v) is 3.34. The number of nitrogens with one attached hydrogen (secondary N) is 2. The van der Waals surface area contributed by atoms with Crippen molar-refractivity contribution in [3.63, 3.8) is 0 Å². The Morgan fingerprint density at radius 2 is 2.19 bits per heavy atom. The van der Waals surface area contributed by atoms with Crippen LogP contribution in [0.25, 0.3) is 0 Å². The van der Waals surface area contributed by atoms with Gasteiger partial charge in [-0.2, -0.15) is 0 Å². The summed E-state index contributed by atoms with van der Waals surface area (Å²) in [6, 6.07) is 5.96. The first-order valence-corrected chi connectivity index (χ1v) is 7.35. The lowest BCUT2D eigenvalue weighted by atomic mass is 10.1. The second-order valence-electron chi connectivity index (χ2n) is 5.22. The number of benzene rings is 1. The average molecular weight is 294 g/mol. The van der Waals surface area contributed by atoms with E-state index in [-0.39, 0.29) is 18.7 Å². The molecule has 0 aliphatic rings. The van der Waals surface area contributed by atoms with Crippen LogP contribution in [0.2, 0.25) is 0 Å². The van der Waals surface area contributed by atoms with Crippen LogP contribution in [0, 0.1) is 6.92 Å². The lowest BCUT2D eigenvalue weighted by Gasteiger charge is -2.14. The van der Waals surface area contributed by atoms with Gasteiger partial charge in [0.05, 0.1) is 7.11 Å². The number of rotatable bonds is 8. The van der Waals surface area contributed by atoms with E-state index in [0.717, 1.165) is 29.7 Å². The summed E-state index contributed by atoms with van der Waals surface area (Å²) >= 11 is 0. The fourth-order valence-corrected chi connectivity index (χ4v) is 2.08. The fourth-order valence-electron chi connectivity index (χ4n) is 2.08. The summed E-state index contributed by atoms with van der Waals surface area (Å²) in [6.45, 7) is 4.66.